The minimum atomic E-state index is 0.373. The fourth-order valence-corrected chi connectivity index (χ4v) is 2.42. The van der Waals surface area contributed by atoms with Gasteiger partial charge in [0.2, 0.25) is 0 Å². The molecule has 0 aliphatic rings. The average Bonchev–Trinajstić information content (AvgIpc) is 2.58. The van der Waals surface area contributed by atoms with E-state index in [1.54, 1.807) is 0 Å². The third kappa shape index (κ3) is 4.32. The molecule has 0 spiro atoms. The maximum atomic E-state index is 4.48. The van der Waals surface area contributed by atoms with Crippen molar-refractivity contribution in [3.05, 3.63) is 17.0 Å². The van der Waals surface area contributed by atoms with Gasteiger partial charge in [0.1, 0.15) is 0 Å². The third-order valence-corrected chi connectivity index (χ3v) is 4.02. The van der Waals surface area contributed by atoms with Gasteiger partial charge >= 0.3 is 0 Å². The Hall–Kier alpha value is -0.870. The topological polar surface area (TPSA) is 33.1 Å². The summed E-state index contributed by atoms with van der Waals surface area (Å²) in [6, 6.07) is 0.998. The molecule has 0 fully saturated rings. The normalized spacial score (nSPS) is 13.5. The Morgan fingerprint density at radius 1 is 1.26 bits per heavy atom. The second kappa shape index (κ2) is 7.06. The number of aryl methyl sites for hydroxylation is 2. The van der Waals surface area contributed by atoms with Crippen LogP contribution in [0.25, 0.3) is 0 Å². The molecule has 0 radical (unpaired) electrons. The van der Waals surface area contributed by atoms with Gasteiger partial charge in [-0.05, 0) is 61.2 Å². The number of nitrogens with zero attached hydrogens (tertiary/aromatic N) is 3. The molecule has 1 aromatic heterocycles. The van der Waals surface area contributed by atoms with E-state index in [-0.39, 0.29) is 0 Å². The molecule has 1 N–H and O–H groups in total. The van der Waals surface area contributed by atoms with E-state index in [2.05, 4.69) is 57.0 Å². The minimum Gasteiger partial charge on any atom is -0.310 e. The molecule has 1 rings (SSSR count). The lowest BCUT2D eigenvalue weighted by atomic mass is 10.1. The number of nitrogens with one attached hydrogen (secondary N) is 1. The number of aromatic nitrogens is 2. The Labute approximate surface area is 118 Å². The van der Waals surface area contributed by atoms with Gasteiger partial charge in [-0.3, -0.25) is 4.68 Å². The molecule has 1 heterocycles. The van der Waals surface area contributed by atoms with Crippen molar-refractivity contribution in [1.29, 1.82) is 0 Å². The van der Waals surface area contributed by atoms with Crippen molar-refractivity contribution < 1.29 is 0 Å². The summed E-state index contributed by atoms with van der Waals surface area (Å²) >= 11 is 0. The van der Waals surface area contributed by atoms with Crippen molar-refractivity contribution >= 4 is 0 Å². The van der Waals surface area contributed by atoms with Crippen LogP contribution in [0.2, 0.25) is 0 Å². The van der Waals surface area contributed by atoms with E-state index < -0.39 is 0 Å². The summed E-state index contributed by atoms with van der Waals surface area (Å²) in [7, 11) is 4.19. The molecule has 0 aliphatic carbocycles. The zero-order chi connectivity index (χ0) is 14.6. The van der Waals surface area contributed by atoms with Crippen LogP contribution < -0.4 is 5.32 Å². The molecule has 1 unspecified atom stereocenters. The minimum absolute atomic E-state index is 0.373. The summed E-state index contributed by atoms with van der Waals surface area (Å²) in [5.74, 6) is 0. The van der Waals surface area contributed by atoms with Gasteiger partial charge < -0.3 is 10.2 Å². The highest BCUT2D eigenvalue weighted by Gasteiger charge is 2.15. The van der Waals surface area contributed by atoms with Crippen LogP contribution in [0.1, 0.15) is 50.2 Å². The zero-order valence-electron chi connectivity index (χ0n) is 13.6. The van der Waals surface area contributed by atoms with Crippen LogP contribution in [0.4, 0.5) is 0 Å². The van der Waals surface area contributed by atoms with Crippen LogP contribution >= 0.6 is 0 Å². The van der Waals surface area contributed by atoms with Crippen LogP contribution in [0.5, 0.6) is 0 Å². The molecule has 4 heteroatoms. The Balaban J connectivity index is 2.41. The summed E-state index contributed by atoms with van der Waals surface area (Å²) in [6.07, 6.45) is 1.18. The summed E-state index contributed by atoms with van der Waals surface area (Å²) in [5.41, 5.74) is 3.75. The highest BCUT2D eigenvalue weighted by molar-refractivity contribution is 5.27. The van der Waals surface area contributed by atoms with Crippen LogP contribution in [0.15, 0.2) is 0 Å². The summed E-state index contributed by atoms with van der Waals surface area (Å²) in [5, 5.41) is 8.09. The monoisotopic (exact) mass is 266 g/mol. The summed E-state index contributed by atoms with van der Waals surface area (Å²) < 4.78 is 1.97. The van der Waals surface area contributed by atoms with E-state index in [1.165, 1.54) is 17.7 Å². The quantitative estimate of drug-likeness (QED) is 0.769. The molecule has 1 aromatic rings. The standard InChI is InChI=1S/C15H30N4/c1-11(2)18(6)10-8-9-16-12(3)15-13(4)17-19(7)14(15)5/h11-12,16H,8-10H2,1-7H3. The molecule has 0 saturated carbocycles. The molecule has 4 nitrogen and oxygen atoms in total. The third-order valence-electron chi connectivity index (χ3n) is 4.02. The lowest BCUT2D eigenvalue weighted by Gasteiger charge is -2.21. The Kier molecular flexibility index (Phi) is 6.01. The van der Waals surface area contributed by atoms with Gasteiger partial charge in [0.15, 0.2) is 0 Å². The van der Waals surface area contributed by atoms with E-state index in [4.69, 9.17) is 0 Å². The number of hydrogen-bond donors (Lipinski definition) is 1. The van der Waals surface area contributed by atoms with Crippen molar-refractivity contribution in [2.45, 2.75) is 53.1 Å². The molecular formula is C15H30N4. The van der Waals surface area contributed by atoms with Crippen molar-refractivity contribution in [1.82, 2.24) is 20.0 Å². The second-order valence-electron chi connectivity index (χ2n) is 5.81. The molecule has 0 saturated heterocycles. The Morgan fingerprint density at radius 2 is 1.89 bits per heavy atom. The smallest absolute Gasteiger partial charge is 0.0644 e. The van der Waals surface area contributed by atoms with Gasteiger partial charge in [0.05, 0.1) is 5.69 Å². The first-order chi connectivity index (χ1) is 8.84. The predicted octanol–water partition coefficient (Wildman–Crippen LogP) is 2.42. The lowest BCUT2D eigenvalue weighted by Crippen LogP contribution is -2.30. The van der Waals surface area contributed by atoms with Crippen molar-refractivity contribution in [2.24, 2.45) is 7.05 Å². The molecule has 0 aliphatic heterocycles. The fraction of sp³-hybridized carbons (Fsp3) is 0.800. The van der Waals surface area contributed by atoms with E-state index in [9.17, 15) is 0 Å². The Bertz CT molecular complexity index is 395. The second-order valence-corrected chi connectivity index (χ2v) is 5.81. The largest absolute Gasteiger partial charge is 0.310 e. The fourth-order valence-electron chi connectivity index (χ4n) is 2.42. The Morgan fingerprint density at radius 3 is 2.37 bits per heavy atom. The van der Waals surface area contributed by atoms with Crippen LogP contribution in [-0.4, -0.2) is 40.9 Å². The maximum Gasteiger partial charge on any atom is 0.0644 e. The zero-order valence-corrected chi connectivity index (χ0v) is 13.6. The van der Waals surface area contributed by atoms with Gasteiger partial charge in [0, 0.05) is 30.4 Å². The van der Waals surface area contributed by atoms with Crippen LogP contribution in [-0.2, 0) is 7.05 Å². The predicted molar refractivity (Wildman–Crippen MR) is 81.5 cm³/mol. The van der Waals surface area contributed by atoms with Gasteiger partial charge in [0.25, 0.3) is 0 Å². The molecule has 0 bridgehead atoms. The number of hydrogen-bond acceptors (Lipinski definition) is 3. The maximum absolute atomic E-state index is 4.48. The van der Waals surface area contributed by atoms with E-state index in [0.29, 0.717) is 12.1 Å². The van der Waals surface area contributed by atoms with E-state index in [0.717, 1.165) is 18.8 Å². The van der Waals surface area contributed by atoms with Crippen molar-refractivity contribution in [2.75, 3.05) is 20.1 Å². The highest BCUT2D eigenvalue weighted by Crippen LogP contribution is 2.20. The molecule has 1 atom stereocenters. The van der Waals surface area contributed by atoms with Gasteiger partial charge in [-0.2, -0.15) is 5.10 Å². The van der Waals surface area contributed by atoms with Gasteiger partial charge in [-0.25, -0.2) is 0 Å². The highest BCUT2D eigenvalue weighted by atomic mass is 15.3. The first kappa shape index (κ1) is 16.2. The number of rotatable bonds is 7. The van der Waals surface area contributed by atoms with Crippen LogP contribution in [0, 0.1) is 13.8 Å². The lowest BCUT2D eigenvalue weighted by molar-refractivity contribution is 0.268. The SMILES string of the molecule is Cc1nn(C)c(C)c1C(C)NCCCN(C)C(C)C. The average molecular weight is 266 g/mol. The van der Waals surface area contributed by atoms with Gasteiger partial charge in [-0.1, -0.05) is 0 Å². The first-order valence-electron chi connectivity index (χ1n) is 7.28. The van der Waals surface area contributed by atoms with Crippen LogP contribution in [0.3, 0.4) is 0 Å². The van der Waals surface area contributed by atoms with E-state index >= 15 is 0 Å². The first-order valence-corrected chi connectivity index (χ1v) is 7.28. The molecule has 110 valence electrons. The van der Waals surface area contributed by atoms with Gasteiger partial charge in [-0.15, -0.1) is 0 Å². The van der Waals surface area contributed by atoms with E-state index in [1.807, 2.05) is 11.7 Å². The molecular weight excluding hydrogens is 236 g/mol. The molecule has 0 aromatic carbocycles. The summed E-state index contributed by atoms with van der Waals surface area (Å²) in [4.78, 5) is 2.38. The molecule has 0 amide bonds. The molecule has 19 heavy (non-hydrogen) atoms. The van der Waals surface area contributed by atoms with Crippen molar-refractivity contribution in [3.8, 4) is 0 Å². The summed E-state index contributed by atoms with van der Waals surface area (Å²) in [6.45, 7) is 13.1. The van der Waals surface area contributed by atoms with Crippen molar-refractivity contribution in [3.63, 3.8) is 0 Å².